The number of benzene rings is 1. The minimum Gasteiger partial charge on any atom is -0.310 e. The molecular formula is C18H26N6. The van der Waals surface area contributed by atoms with Crippen LogP contribution in [0.4, 0.5) is 0 Å². The van der Waals surface area contributed by atoms with Gasteiger partial charge in [0.05, 0.1) is 0 Å². The van der Waals surface area contributed by atoms with E-state index in [4.69, 9.17) is 0 Å². The molecule has 0 spiro atoms. The lowest BCUT2D eigenvalue weighted by Crippen LogP contribution is -2.25. The van der Waals surface area contributed by atoms with Gasteiger partial charge in [-0.15, -0.1) is 10.2 Å². The quantitative estimate of drug-likeness (QED) is 0.621. The largest absolute Gasteiger partial charge is 0.310 e. The zero-order chi connectivity index (χ0) is 15.9. The van der Waals surface area contributed by atoms with Gasteiger partial charge in [-0.05, 0) is 42.8 Å². The van der Waals surface area contributed by atoms with Gasteiger partial charge in [-0.25, -0.2) is 0 Å². The van der Waals surface area contributed by atoms with E-state index in [0.29, 0.717) is 6.04 Å². The van der Waals surface area contributed by atoms with E-state index in [2.05, 4.69) is 62.1 Å². The Hall–Kier alpha value is -2.34. The summed E-state index contributed by atoms with van der Waals surface area (Å²) in [6.07, 6.45) is 8.03. The molecule has 0 bridgehead atoms. The smallest absolute Gasteiger partial charge is 0.174 e. The highest BCUT2D eigenvalue weighted by Crippen LogP contribution is 2.14. The van der Waals surface area contributed by atoms with Gasteiger partial charge in [-0.1, -0.05) is 31.2 Å². The Labute approximate surface area is 143 Å². The molecule has 1 atom stereocenters. The molecule has 2 N–H and O–H groups in total. The van der Waals surface area contributed by atoms with Crippen molar-refractivity contribution in [1.82, 2.24) is 30.9 Å². The van der Waals surface area contributed by atoms with E-state index in [1.807, 2.05) is 12.4 Å². The monoisotopic (exact) mass is 326 g/mol. The van der Waals surface area contributed by atoms with Crippen molar-refractivity contribution in [2.75, 3.05) is 0 Å². The highest BCUT2D eigenvalue weighted by molar-refractivity contribution is 5.81. The Bertz CT molecular complexity index is 725. The highest BCUT2D eigenvalue weighted by Gasteiger charge is 2.04. The zero-order valence-electron chi connectivity index (χ0n) is 13.4. The summed E-state index contributed by atoms with van der Waals surface area (Å²) in [5.74, 6) is 0.802. The van der Waals surface area contributed by atoms with Gasteiger partial charge in [0.1, 0.15) is 0 Å². The molecule has 0 saturated carbocycles. The van der Waals surface area contributed by atoms with Crippen molar-refractivity contribution in [3.05, 3.63) is 48.0 Å². The minimum absolute atomic E-state index is 0. The number of aromatic amines is 1. The summed E-state index contributed by atoms with van der Waals surface area (Å²) in [6, 6.07) is 9.08. The number of pyridine rings is 1. The van der Waals surface area contributed by atoms with Crippen LogP contribution in [0, 0.1) is 0 Å². The molecule has 6 heteroatoms. The van der Waals surface area contributed by atoms with E-state index < -0.39 is 0 Å². The van der Waals surface area contributed by atoms with Gasteiger partial charge in [0.2, 0.25) is 0 Å². The SMILES string of the molecule is C.C[C@H](CCCCc1nn[nH]n1)NCc1ccc2cnccc2c1. The van der Waals surface area contributed by atoms with E-state index in [1.54, 1.807) is 0 Å². The average Bonchev–Trinajstić information content (AvgIpc) is 3.10. The number of nitrogens with zero attached hydrogens (tertiary/aromatic N) is 4. The maximum atomic E-state index is 4.15. The second-order valence-corrected chi connectivity index (χ2v) is 5.91. The summed E-state index contributed by atoms with van der Waals surface area (Å²) in [7, 11) is 0. The molecule has 0 aliphatic heterocycles. The summed E-state index contributed by atoms with van der Waals surface area (Å²) in [6.45, 7) is 3.13. The fraction of sp³-hybridized carbons (Fsp3) is 0.444. The van der Waals surface area contributed by atoms with Crippen molar-refractivity contribution in [3.8, 4) is 0 Å². The van der Waals surface area contributed by atoms with Crippen LogP contribution in [0.2, 0.25) is 0 Å². The molecule has 0 aliphatic carbocycles. The fourth-order valence-corrected chi connectivity index (χ4v) is 2.66. The summed E-state index contributed by atoms with van der Waals surface area (Å²) >= 11 is 0. The predicted molar refractivity (Wildman–Crippen MR) is 96.5 cm³/mol. The van der Waals surface area contributed by atoms with Gasteiger partial charge < -0.3 is 5.32 Å². The first-order valence-electron chi connectivity index (χ1n) is 8.09. The maximum absolute atomic E-state index is 4.15. The third-order valence-corrected chi connectivity index (χ3v) is 4.04. The Balaban J connectivity index is 0.00000208. The van der Waals surface area contributed by atoms with Crippen LogP contribution in [-0.2, 0) is 13.0 Å². The van der Waals surface area contributed by atoms with E-state index in [0.717, 1.165) is 38.1 Å². The topological polar surface area (TPSA) is 79.4 Å². The Morgan fingerprint density at radius 1 is 1.17 bits per heavy atom. The summed E-state index contributed by atoms with van der Waals surface area (Å²) in [5.41, 5.74) is 1.31. The molecular weight excluding hydrogens is 300 g/mol. The zero-order valence-corrected chi connectivity index (χ0v) is 13.4. The molecule has 24 heavy (non-hydrogen) atoms. The first-order valence-corrected chi connectivity index (χ1v) is 8.09. The molecule has 2 aromatic heterocycles. The fourth-order valence-electron chi connectivity index (χ4n) is 2.66. The van der Waals surface area contributed by atoms with Gasteiger partial charge in [0.25, 0.3) is 0 Å². The molecule has 3 rings (SSSR count). The summed E-state index contributed by atoms with van der Waals surface area (Å²) in [4.78, 5) is 4.15. The van der Waals surface area contributed by atoms with Crippen LogP contribution in [0.3, 0.4) is 0 Å². The number of hydrogen-bond acceptors (Lipinski definition) is 5. The molecule has 0 amide bonds. The molecule has 0 fully saturated rings. The van der Waals surface area contributed by atoms with Crippen LogP contribution >= 0.6 is 0 Å². The maximum Gasteiger partial charge on any atom is 0.174 e. The van der Waals surface area contributed by atoms with Crippen molar-refractivity contribution >= 4 is 10.8 Å². The van der Waals surface area contributed by atoms with Crippen LogP contribution in [0.15, 0.2) is 36.7 Å². The first-order chi connectivity index (χ1) is 11.3. The lowest BCUT2D eigenvalue weighted by Gasteiger charge is -2.14. The lowest BCUT2D eigenvalue weighted by molar-refractivity contribution is 0.487. The first kappa shape index (κ1) is 18.0. The van der Waals surface area contributed by atoms with Gasteiger partial charge in [0.15, 0.2) is 5.82 Å². The Morgan fingerprint density at radius 3 is 2.92 bits per heavy atom. The number of tetrazole rings is 1. The van der Waals surface area contributed by atoms with Crippen molar-refractivity contribution in [3.63, 3.8) is 0 Å². The number of aromatic nitrogens is 5. The summed E-state index contributed by atoms with van der Waals surface area (Å²) < 4.78 is 0. The number of H-pyrrole nitrogens is 1. The van der Waals surface area contributed by atoms with Gasteiger partial charge in [-0.3, -0.25) is 4.98 Å². The molecule has 6 nitrogen and oxygen atoms in total. The second-order valence-electron chi connectivity index (χ2n) is 5.91. The number of unbranched alkanes of at least 4 members (excludes halogenated alkanes) is 1. The number of fused-ring (bicyclic) bond motifs is 1. The average molecular weight is 326 g/mol. The van der Waals surface area contributed by atoms with Crippen LogP contribution in [0.5, 0.6) is 0 Å². The summed E-state index contributed by atoms with van der Waals surface area (Å²) in [5, 5.41) is 20.0. The number of hydrogen-bond donors (Lipinski definition) is 2. The van der Waals surface area contributed by atoms with Gasteiger partial charge in [0, 0.05) is 36.8 Å². The van der Waals surface area contributed by atoms with Crippen molar-refractivity contribution in [2.24, 2.45) is 0 Å². The molecule has 0 unspecified atom stereocenters. The van der Waals surface area contributed by atoms with Crippen molar-refractivity contribution < 1.29 is 0 Å². The van der Waals surface area contributed by atoms with E-state index in [-0.39, 0.29) is 7.43 Å². The molecule has 0 aliphatic rings. The number of aryl methyl sites for hydroxylation is 1. The molecule has 0 saturated heterocycles. The van der Waals surface area contributed by atoms with Gasteiger partial charge in [-0.2, -0.15) is 5.21 Å². The standard InChI is InChI=1S/C17H22N6.CH4/c1-13(4-2-3-5-17-20-22-23-21-17)19-11-14-6-7-16-12-18-9-8-15(16)10-14;/h6-10,12-13,19H,2-5,11H2,1H3,(H,20,21,22,23);1H4/t13-;/m1./s1. The normalized spacial score (nSPS) is 12.0. The highest BCUT2D eigenvalue weighted by atomic mass is 15.5. The molecule has 128 valence electrons. The molecule has 1 aromatic carbocycles. The van der Waals surface area contributed by atoms with Crippen molar-refractivity contribution in [2.45, 2.75) is 52.6 Å². The Morgan fingerprint density at radius 2 is 2.08 bits per heavy atom. The van der Waals surface area contributed by atoms with E-state index >= 15 is 0 Å². The van der Waals surface area contributed by atoms with Gasteiger partial charge >= 0.3 is 0 Å². The molecule has 0 radical (unpaired) electrons. The number of nitrogens with one attached hydrogen (secondary N) is 2. The molecule has 2 heterocycles. The van der Waals surface area contributed by atoms with E-state index in [9.17, 15) is 0 Å². The minimum atomic E-state index is 0. The second kappa shape index (κ2) is 9.08. The van der Waals surface area contributed by atoms with Crippen LogP contribution in [0.25, 0.3) is 10.8 Å². The lowest BCUT2D eigenvalue weighted by atomic mass is 10.1. The van der Waals surface area contributed by atoms with Crippen LogP contribution in [-0.4, -0.2) is 31.6 Å². The van der Waals surface area contributed by atoms with Crippen LogP contribution < -0.4 is 5.32 Å². The van der Waals surface area contributed by atoms with Crippen LogP contribution in [0.1, 0.15) is 45.0 Å². The predicted octanol–water partition coefficient (Wildman–Crippen LogP) is 3.28. The third kappa shape index (κ3) is 5.09. The van der Waals surface area contributed by atoms with Crippen molar-refractivity contribution in [1.29, 1.82) is 0 Å². The molecule has 3 aromatic rings. The third-order valence-electron chi connectivity index (χ3n) is 4.04. The van der Waals surface area contributed by atoms with E-state index in [1.165, 1.54) is 16.3 Å². The Kier molecular flexibility index (Phi) is 6.81. The number of rotatable bonds is 8.